The van der Waals surface area contributed by atoms with Gasteiger partial charge in [-0.1, -0.05) is 0 Å². The lowest BCUT2D eigenvalue weighted by molar-refractivity contribution is 0.00967. The van der Waals surface area contributed by atoms with Crippen molar-refractivity contribution in [3.8, 4) is 5.75 Å². The summed E-state index contributed by atoms with van der Waals surface area (Å²) >= 11 is 0. The predicted molar refractivity (Wildman–Crippen MR) is 133 cm³/mol. The van der Waals surface area contributed by atoms with E-state index in [1.165, 1.54) is 12.1 Å². The molecule has 0 radical (unpaired) electrons. The van der Waals surface area contributed by atoms with Gasteiger partial charge in [0.2, 0.25) is 0 Å². The maximum atomic E-state index is 13.5. The van der Waals surface area contributed by atoms with E-state index in [0.29, 0.717) is 24.0 Å². The molecule has 2 aliphatic rings. The molecule has 1 heterocycles. The molecule has 0 unspecified atom stereocenters. The molecule has 36 heavy (non-hydrogen) atoms. The number of aromatic nitrogens is 2. The number of aryl methyl sites for hydroxylation is 1. The normalized spacial score (nSPS) is 23.9. The minimum absolute atomic E-state index is 0.0398. The first-order chi connectivity index (χ1) is 17.1. The smallest absolute Gasteiger partial charge is 0.407 e. The van der Waals surface area contributed by atoms with Gasteiger partial charge in [-0.3, -0.25) is 4.79 Å². The van der Waals surface area contributed by atoms with Crippen LogP contribution in [0.3, 0.4) is 0 Å². The third-order valence-electron chi connectivity index (χ3n) is 6.87. The summed E-state index contributed by atoms with van der Waals surface area (Å²) in [5.41, 5.74) is -0.0773. The minimum atomic E-state index is -0.533. The summed E-state index contributed by atoms with van der Waals surface area (Å²) in [4.78, 5) is 32.0. The van der Waals surface area contributed by atoms with Crippen molar-refractivity contribution in [2.24, 2.45) is 13.0 Å². The Balaban J connectivity index is 1.34. The van der Waals surface area contributed by atoms with Crippen molar-refractivity contribution in [3.05, 3.63) is 48.3 Å². The van der Waals surface area contributed by atoms with Crippen LogP contribution in [-0.4, -0.2) is 56.8 Å². The fraction of sp³-hybridized carbons (Fsp3) is 0.593. The first-order valence-electron chi connectivity index (χ1n) is 12.8. The van der Waals surface area contributed by atoms with Crippen molar-refractivity contribution in [3.63, 3.8) is 0 Å². The summed E-state index contributed by atoms with van der Waals surface area (Å²) in [5, 5.41) is 2.98. The zero-order chi connectivity index (χ0) is 25.9. The molecule has 0 saturated heterocycles. The molecule has 0 spiro atoms. The van der Waals surface area contributed by atoms with Gasteiger partial charge in [-0.05, 0) is 89.5 Å². The van der Waals surface area contributed by atoms with Crippen LogP contribution >= 0.6 is 0 Å². The second-order valence-electron chi connectivity index (χ2n) is 11.0. The van der Waals surface area contributed by atoms with Gasteiger partial charge in [-0.15, -0.1) is 0 Å². The molecule has 0 atom stereocenters. The van der Waals surface area contributed by atoms with Gasteiger partial charge in [0.05, 0.1) is 12.9 Å². The van der Waals surface area contributed by atoms with Gasteiger partial charge >= 0.3 is 6.09 Å². The molecule has 9 heteroatoms. The molecule has 0 aliphatic heterocycles. The van der Waals surface area contributed by atoms with E-state index < -0.39 is 11.7 Å². The van der Waals surface area contributed by atoms with Crippen LogP contribution in [0.2, 0.25) is 0 Å². The third kappa shape index (κ3) is 6.77. The molecule has 196 valence electrons. The lowest BCUT2D eigenvalue weighted by atomic mass is 9.77. The summed E-state index contributed by atoms with van der Waals surface area (Å²) in [6.45, 7) is 6.09. The van der Waals surface area contributed by atoms with Gasteiger partial charge in [-0.2, -0.15) is 0 Å². The molecule has 0 bridgehead atoms. The number of amides is 2. The molecule has 2 aliphatic carbocycles. The number of ether oxygens (including phenoxy) is 2. The van der Waals surface area contributed by atoms with Gasteiger partial charge in [0.25, 0.3) is 5.91 Å². The predicted octanol–water partition coefficient (Wildman–Crippen LogP) is 4.69. The number of hydrogen-bond donors (Lipinski definition) is 1. The summed E-state index contributed by atoms with van der Waals surface area (Å²) < 4.78 is 26.1. The number of halogens is 1. The van der Waals surface area contributed by atoms with Crippen LogP contribution in [-0.2, 0) is 11.8 Å². The van der Waals surface area contributed by atoms with Crippen LogP contribution in [0.5, 0.6) is 5.75 Å². The lowest BCUT2D eigenvalue weighted by Crippen LogP contribution is -2.55. The topological polar surface area (TPSA) is 85.7 Å². The van der Waals surface area contributed by atoms with Crippen LogP contribution in [0.25, 0.3) is 0 Å². The van der Waals surface area contributed by atoms with Crippen molar-refractivity contribution in [1.82, 2.24) is 19.8 Å². The van der Waals surface area contributed by atoms with E-state index in [1.807, 2.05) is 32.7 Å². The van der Waals surface area contributed by atoms with Gasteiger partial charge < -0.3 is 24.3 Å². The Bertz CT molecular complexity index is 1030. The van der Waals surface area contributed by atoms with Crippen molar-refractivity contribution < 1.29 is 23.5 Å². The van der Waals surface area contributed by atoms with Crippen molar-refractivity contribution in [1.29, 1.82) is 0 Å². The fourth-order valence-corrected chi connectivity index (χ4v) is 5.07. The molecular formula is C27H37FN4O4. The van der Waals surface area contributed by atoms with E-state index in [2.05, 4.69) is 10.3 Å². The number of benzene rings is 1. The Hall–Kier alpha value is -3.10. The number of carbonyl (C=O) groups is 2. The van der Waals surface area contributed by atoms with Crippen molar-refractivity contribution >= 4 is 12.0 Å². The average molecular weight is 501 g/mol. The van der Waals surface area contributed by atoms with Crippen LogP contribution in [0, 0.1) is 11.7 Å². The monoisotopic (exact) mass is 500 g/mol. The maximum absolute atomic E-state index is 13.5. The Labute approximate surface area is 212 Å². The zero-order valence-corrected chi connectivity index (χ0v) is 21.6. The van der Waals surface area contributed by atoms with Gasteiger partial charge in [0, 0.05) is 31.4 Å². The fourth-order valence-electron chi connectivity index (χ4n) is 5.07. The third-order valence-corrected chi connectivity index (χ3v) is 6.87. The second-order valence-corrected chi connectivity index (χ2v) is 11.0. The van der Waals surface area contributed by atoms with E-state index in [9.17, 15) is 14.0 Å². The minimum Gasteiger partial charge on any atom is -0.493 e. The summed E-state index contributed by atoms with van der Waals surface area (Å²) in [5.74, 6) is 0.661. The number of alkyl carbamates (subject to hydrolysis) is 1. The highest BCUT2D eigenvalue weighted by atomic mass is 19.1. The van der Waals surface area contributed by atoms with Crippen molar-refractivity contribution in [2.75, 3.05) is 6.61 Å². The van der Waals surface area contributed by atoms with E-state index in [1.54, 1.807) is 29.2 Å². The van der Waals surface area contributed by atoms with E-state index in [0.717, 1.165) is 38.5 Å². The largest absolute Gasteiger partial charge is 0.493 e. The van der Waals surface area contributed by atoms with E-state index >= 15 is 0 Å². The SMILES string of the molecule is Cn1cnc(C(=O)N(C2CCC(NC(=O)OC(C)(C)C)CC2)C2CC(COc3ccc(F)cc3)C2)c1. The first kappa shape index (κ1) is 26.0. The highest BCUT2D eigenvalue weighted by Crippen LogP contribution is 2.37. The average Bonchev–Trinajstić information content (AvgIpc) is 3.22. The number of hydrogen-bond acceptors (Lipinski definition) is 5. The molecule has 8 nitrogen and oxygen atoms in total. The number of imidazole rings is 1. The summed E-state index contributed by atoms with van der Waals surface area (Å²) in [6.07, 6.45) is 7.94. The van der Waals surface area contributed by atoms with Gasteiger partial charge in [0.1, 0.15) is 22.9 Å². The summed E-state index contributed by atoms with van der Waals surface area (Å²) in [6, 6.07) is 6.31. The Morgan fingerprint density at radius 3 is 2.36 bits per heavy atom. The van der Waals surface area contributed by atoms with Crippen LogP contribution in [0.4, 0.5) is 9.18 Å². The van der Waals surface area contributed by atoms with E-state index in [-0.39, 0.29) is 29.8 Å². The highest BCUT2D eigenvalue weighted by molar-refractivity contribution is 5.92. The first-order valence-corrected chi connectivity index (χ1v) is 12.8. The molecule has 2 fully saturated rings. The quantitative estimate of drug-likeness (QED) is 0.596. The number of nitrogens with zero attached hydrogens (tertiary/aromatic N) is 3. The Kier molecular flexibility index (Phi) is 7.85. The molecule has 2 aromatic rings. The van der Waals surface area contributed by atoms with Crippen LogP contribution < -0.4 is 10.1 Å². The standard InChI is InChI=1S/C27H37FN4O4/c1-27(2,3)36-26(34)30-20-7-9-21(10-8-20)32(25(33)24-15-31(4)17-29-24)22-13-18(14-22)16-35-23-11-5-19(28)6-12-23/h5-6,11-12,15,17-18,20-22H,7-10,13-14,16H2,1-4H3,(H,30,34). The maximum Gasteiger partial charge on any atom is 0.407 e. The number of nitrogens with one attached hydrogen (secondary N) is 1. The molecule has 2 amide bonds. The molecule has 1 N–H and O–H groups in total. The Morgan fingerprint density at radius 1 is 1.11 bits per heavy atom. The molecular weight excluding hydrogens is 463 g/mol. The molecule has 2 saturated carbocycles. The lowest BCUT2D eigenvalue weighted by Gasteiger charge is -2.47. The molecule has 4 rings (SSSR count). The molecule has 1 aromatic heterocycles. The number of rotatable bonds is 7. The van der Waals surface area contributed by atoms with Gasteiger partial charge in [0.15, 0.2) is 0 Å². The summed E-state index contributed by atoms with van der Waals surface area (Å²) in [7, 11) is 1.85. The zero-order valence-electron chi connectivity index (χ0n) is 21.6. The van der Waals surface area contributed by atoms with Crippen LogP contribution in [0.1, 0.15) is 69.8 Å². The van der Waals surface area contributed by atoms with Crippen LogP contribution in [0.15, 0.2) is 36.8 Å². The van der Waals surface area contributed by atoms with Crippen molar-refractivity contribution in [2.45, 2.75) is 83.0 Å². The second kappa shape index (κ2) is 10.9. The van der Waals surface area contributed by atoms with Gasteiger partial charge in [-0.25, -0.2) is 14.2 Å². The number of carbonyl (C=O) groups excluding carboxylic acids is 2. The molecule has 1 aromatic carbocycles. The Morgan fingerprint density at radius 2 is 1.78 bits per heavy atom. The highest BCUT2D eigenvalue weighted by Gasteiger charge is 2.41. The van der Waals surface area contributed by atoms with E-state index in [4.69, 9.17) is 9.47 Å².